The summed E-state index contributed by atoms with van der Waals surface area (Å²) in [7, 11) is 0. The number of anilines is 1. The van der Waals surface area contributed by atoms with Gasteiger partial charge >= 0.3 is 6.09 Å². The smallest absolute Gasteiger partial charge is 0.411 e. The van der Waals surface area contributed by atoms with E-state index in [9.17, 15) is 9.18 Å². The molecular formula is C12H15FN2O2. The molecule has 0 radical (unpaired) electrons. The molecule has 0 unspecified atom stereocenters. The van der Waals surface area contributed by atoms with E-state index in [1.807, 2.05) is 0 Å². The maximum absolute atomic E-state index is 12.9. The number of ether oxygens (including phenoxy) is 1. The summed E-state index contributed by atoms with van der Waals surface area (Å²) in [5, 5.41) is 5.65. The number of benzene rings is 1. The van der Waals surface area contributed by atoms with Crippen molar-refractivity contribution in [2.75, 3.05) is 18.4 Å². The summed E-state index contributed by atoms with van der Waals surface area (Å²) in [6, 6.07) is 5.72. The van der Waals surface area contributed by atoms with Crippen molar-refractivity contribution >= 4 is 11.8 Å². The van der Waals surface area contributed by atoms with Crippen molar-refractivity contribution in [3.63, 3.8) is 0 Å². The van der Waals surface area contributed by atoms with Crippen molar-refractivity contribution in [1.29, 1.82) is 0 Å². The van der Waals surface area contributed by atoms with Crippen LogP contribution in [0.25, 0.3) is 0 Å². The molecule has 17 heavy (non-hydrogen) atoms. The monoisotopic (exact) mass is 238 g/mol. The largest absolute Gasteiger partial charge is 0.445 e. The summed E-state index contributed by atoms with van der Waals surface area (Å²) < 4.78 is 18.1. The fourth-order valence-corrected chi connectivity index (χ4v) is 1.79. The molecular weight excluding hydrogens is 223 g/mol. The fraction of sp³-hybridized carbons (Fsp3) is 0.417. The van der Waals surface area contributed by atoms with Gasteiger partial charge in [-0.25, -0.2) is 9.18 Å². The topological polar surface area (TPSA) is 50.4 Å². The molecule has 0 aliphatic carbocycles. The molecule has 1 aliphatic rings. The van der Waals surface area contributed by atoms with Crippen LogP contribution in [0, 0.1) is 5.82 Å². The Morgan fingerprint density at radius 1 is 1.53 bits per heavy atom. The molecule has 1 amide bonds. The van der Waals surface area contributed by atoms with E-state index < -0.39 is 6.09 Å². The minimum atomic E-state index is -0.538. The van der Waals surface area contributed by atoms with Crippen LogP contribution in [-0.4, -0.2) is 25.3 Å². The molecule has 2 rings (SSSR count). The molecule has 5 heteroatoms. The average molecular weight is 238 g/mol. The normalized spacial score (nSPS) is 19.7. The first-order chi connectivity index (χ1) is 8.24. The molecule has 1 atom stereocenters. The third-order valence-electron chi connectivity index (χ3n) is 2.60. The van der Waals surface area contributed by atoms with Gasteiger partial charge in [-0.1, -0.05) is 6.07 Å². The van der Waals surface area contributed by atoms with Crippen LogP contribution in [0.3, 0.4) is 0 Å². The van der Waals surface area contributed by atoms with Gasteiger partial charge in [0.05, 0.1) is 0 Å². The number of rotatable bonds is 2. The Labute approximate surface area is 99.2 Å². The van der Waals surface area contributed by atoms with Crippen LogP contribution in [0.1, 0.15) is 12.8 Å². The number of carbonyl (C=O) groups is 1. The third kappa shape index (κ3) is 3.71. The number of nitrogens with one attached hydrogen (secondary N) is 2. The standard InChI is InChI=1S/C12H15FN2O2/c13-9-3-1-4-10(7-9)15-12(16)17-11-5-2-6-14-8-11/h1,3-4,7,11,14H,2,5-6,8H2,(H,15,16)/t11-/m0/s1. The van der Waals surface area contributed by atoms with Crippen molar-refractivity contribution < 1.29 is 13.9 Å². The van der Waals surface area contributed by atoms with E-state index >= 15 is 0 Å². The fourth-order valence-electron chi connectivity index (χ4n) is 1.79. The molecule has 1 fully saturated rings. The van der Waals surface area contributed by atoms with Crippen molar-refractivity contribution in [2.45, 2.75) is 18.9 Å². The second-order valence-corrected chi connectivity index (χ2v) is 4.01. The first-order valence-corrected chi connectivity index (χ1v) is 5.68. The maximum Gasteiger partial charge on any atom is 0.411 e. The van der Waals surface area contributed by atoms with Gasteiger partial charge in [-0.3, -0.25) is 5.32 Å². The molecule has 1 saturated heterocycles. The zero-order valence-corrected chi connectivity index (χ0v) is 9.41. The molecule has 4 nitrogen and oxygen atoms in total. The van der Waals surface area contributed by atoms with Crippen LogP contribution in [0.15, 0.2) is 24.3 Å². The number of carbonyl (C=O) groups excluding carboxylic acids is 1. The van der Waals surface area contributed by atoms with Gasteiger partial charge in [0, 0.05) is 12.2 Å². The van der Waals surface area contributed by atoms with E-state index in [1.165, 1.54) is 18.2 Å². The Hall–Kier alpha value is -1.62. The molecule has 2 N–H and O–H groups in total. The number of halogens is 1. The zero-order valence-electron chi connectivity index (χ0n) is 9.41. The number of amides is 1. The molecule has 0 spiro atoms. The number of piperidine rings is 1. The van der Waals surface area contributed by atoms with Crippen LogP contribution in [0.4, 0.5) is 14.9 Å². The number of hydrogen-bond donors (Lipinski definition) is 2. The van der Waals surface area contributed by atoms with Gasteiger partial charge in [0.25, 0.3) is 0 Å². The van der Waals surface area contributed by atoms with Crippen molar-refractivity contribution in [1.82, 2.24) is 5.32 Å². The molecule has 0 saturated carbocycles. The van der Waals surface area contributed by atoms with E-state index in [-0.39, 0.29) is 11.9 Å². The summed E-state index contributed by atoms with van der Waals surface area (Å²) in [5.74, 6) is -0.387. The van der Waals surface area contributed by atoms with E-state index in [0.29, 0.717) is 12.2 Å². The number of hydrogen-bond acceptors (Lipinski definition) is 3. The highest BCUT2D eigenvalue weighted by Crippen LogP contribution is 2.11. The lowest BCUT2D eigenvalue weighted by Gasteiger charge is -2.22. The van der Waals surface area contributed by atoms with Crippen LogP contribution < -0.4 is 10.6 Å². The van der Waals surface area contributed by atoms with Gasteiger partial charge in [-0.2, -0.15) is 0 Å². The highest BCUT2D eigenvalue weighted by molar-refractivity contribution is 5.84. The summed E-state index contributed by atoms with van der Waals surface area (Å²) in [4.78, 5) is 11.5. The lowest BCUT2D eigenvalue weighted by molar-refractivity contribution is 0.0941. The average Bonchev–Trinajstić information content (AvgIpc) is 2.30. The van der Waals surface area contributed by atoms with E-state index in [1.54, 1.807) is 6.07 Å². The van der Waals surface area contributed by atoms with Crippen LogP contribution in [0.5, 0.6) is 0 Å². The van der Waals surface area contributed by atoms with Crippen LogP contribution in [0.2, 0.25) is 0 Å². The van der Waals surface area contributed by atoms with Crippen molar-refractivity contribution in [3.05, 3.63) is 30.1 Å². The summed E-state index contributed by atoms with van der Waals surface area (Å²) in [5.41, 5.74) is 0.402. The second-order valence-electron chi connectivity index (χ2n) is 4.01. The molecule has 1 aromatic carbocycles. The van der Waals surface area contributed by atoms with Gasteiger partial charge in [0.1, 0.15) is 11.9 Å². The third-order valence-corrected chi connectivity index (χ3v) is 2.60. The lowest BCUT2D eigenvalue weighted by Crippen LogP contribution is -2.37. The van der Waals surface area contributed by atoms with Gasteiger partial charge < -0.3 is 10.1 Å². The quantitative estimate of drug-likeness (QED) is 0.829. The minimum absolute atomic E-state index is 0.0997. The van der Waals surface area contributed by atoms with Gasteiger partial charge in [0.2, 0.25) is 0 Å². The van der Waals surface area contributed by atoms with E-state index in [2.05, 4.69) is 10.6 Å². The molecule has 1 heterocycles. The predicted octanol–water partition coefficient (Wildman–Crippen LogP) is 2.13. The highest BCUT2D eigenvalue weighted by Gasteiger charge is 2.17. The van der Waals surface area contributed by atoms with Gasteiger partial charge in [-0.05, 0) is 37.6 Å². The minimum Gasteiger partial charge on any atom is -0.445 e. The van der Waals surface area contributed by atoms with E-state index in [0.717, 1.165) is 19.4 Å². The van der Waals surface area contributed by atoms with Crippen LogP contribution in [-0.2, 0) is 4.74 Å². The second kappa shape index (κ2) is 5.63. The van der Waals surface area contributed by atoms with Crippen molar-refractivity contribution in [2.24, 2.45) is 0 Å². The Morgan fingerprint density at radius 3 is 3.12 bits per heavy atom. The molecule has 1 aromatic rings. The SMILES string of the molecule is O=C(Nc1cccc(F)c1)O[C@H]1CCCNC1. The maximum atomic E-state index is 12.9. The zero-order chi connectivity index (χ0) is 12.1. The Morgan fingerprint density at radius 2 is 2.41 bits per heavy atom. The highest BCUT2D eigenvalue weighted by atomic mass is 19.1. The first kappa shape index (κ1) is 11.9. The van der Waals surface area contributed by atoms with Crippen molar-refractivity contribution in [3.8, 4) is 0 Å². The Balaban J connectivity index is 1.84. The Bertz CT molecular complexity index is 392. The van der Waals surface area contributed by atoms with Crippen LogP contribution >= 0.6 is 0 Å². The summed E-state index contributed by atoms with van der Waals surface area (Å²) >= 11 is 0. The summed E-state index contributed by atoms with van der Waals surface area (Å²) in [6.45, 7) is 1.64. The molecule has 0 bridgehead atoms. The molecule has 1 aliphatic heterocycles. The predicted molar refractivity (Wildman–Crippen MR) is 62.4 cm³/mol. The summed E-state index contributed by atoms with van der Waals surface area (Å²) in [6.07, 6.45) is 1.23. The molecule has 0 aromatic heterocycles. The van der Waals surface area contributed by atoms with Gasteiger partial charge in [-0.15, -0.1) is 0 Å². The first-order valence-electron chi connectivity index (χ1n) is 5.68. The molecule has 92 valence electrons. The Kier molecular flexibility index (Phi) is 3.93. The van der Waals surface area contributed by atoms with Gasteiger partial charge in [0.15, 0.2) is 0 Å². The lowest BCUT2D eigenvalue weighted by atomic mass is 10.1. The van der Waals surface area contributed by atoms with E-state index in [4.69, 9.17) is 4.74 Å².